The van der Waals surface area contributed by atoms with Crippen LogP contribution in [0, 0.1) is 5.92 Å². The fraction of sp³-hybridized carbons (Fsp3) is 0.446. The molecular weight excluding hydrogens is 1320 g/mol. The number of rotatable bonds is 30. The lowest BCUT2D eigenvalue weighted by molar-refractivity contribution is -0.162. The van der Waals surface area contributed by atoms with Gasteiger partial charge in [0.25, 0.3) is 0 Å². The average molecular weight is 1410 g/mol. The molecular formula is C74H91ClN10O12S2. The average Bonchev–Trinajstić information content (AvgIpc) is 1.58. The summed E-state index contributed by atoms with van der Waals surface area (Å²) in [4.78, 5) is 94.4. The second kappa shape index (κ2) is 36.4. The topological polar surface area (TPSA) is 253 Å². The number of methoxy groups -OCH3 is 2. The van der Waals surface area contributed by atoms with Crippen LogP contribution in [0.5, 0.6) is 11.5 Å². The van der Waals surface area contributed by atoms with E-state index in [4.69, 9.17) is 40.0 Å². The highest BCUT2D eigenvalue weighted by molar-refractivity contribution is 8.76. The van der Waals surface area contributed by atoms with Crippen LogP contribution < -0.4 is 25.0 Å². The number of fused-ring (bicyclic) bond motifs is 5. The zero-order valence-corrected chi connectivity index (χ0v) is 59.9. The first-order valence-corrected chi connectivity index (χ1v) is 36.2. The first-order valence-electron chi connectivity index (χ1n) is 33.4. The third-order valence-electron chi connectivity index (χ3n) is 17.9. The van der Waals surface area contributed by atoms with Gasteiger partial charge >= 0.3 is 12.1 Å². The molecule has 22 nitrogen and oxygen atoms in total. The second-order valence-corrected chi connectivity index (χ2v) is 28.6. The fourth-order valence-corrected chi connectivity index (χ4v) is 14.5. The summed E-state index contributed by atoms with van der Waals surface area (Å²) in [6.07, 6.45) is 9.69. The maximum Gasteiger partial charge on any atom is 0.409 e. The molecule has 4 bridgehead atoms. The van der Waals surface area contributed by atoms with Crippen LogP contribution in [-0.2, 0) is 83.8 Å². The molecule has 8 atom stereocenters. The molecule has 2 fully saturated rings. The molecule has 0 radical (unpaired) electrons. The Kier molecular flexibility index (Phi) is 27.7. The number of carbonyl (C=O) groups excluding carboxylic acids is 5. The van der Waals surface area contributed by atoms with E-state index in [0.29, 0.717) is 101 Å². The molecule has 0 aliphatic carbocycles. The zero-order chi connectivity index (χ0) is 70.5. The first kappa shape index (κ1) is 75.3. The summed E-state index contributed by atoms with van der Waals surface area (Å²) in [6.45, 7) is 11.7. The Morgan fingerprint density at radius 2 is 1.39 bits per heavy atom. The molecule has 1 unspecified atom stereocenters. The van der Waals surface area contributed by atoms with Gasteiger partial charge in [-0.1, -0.05) is 94.2 Å². The number of amides is 4. The monoisotopic (exact) mass is 1410 g/mol. The summed E-state index contributed by atoms with van der Waals surface area (Å²) in [5.74, 6) is -0.134. The maximum absolute atomic E-state index is 14.5. The van der Waals surface area contributed by atoms with Crippen molar-refractivity contribution < 1.29 is 57.5 Å². The van der Waals surface area contributed by atoms with Crippen LogP contribution in [0.15, 0.2) is 152 Å². The Morgan fingerprint density at radius 3 is 1.94 bits per heavy atom. The quantitative estimate of drug-likeness (QED) is 0.0164. The highest BCUT2D eigenvalue weighted by Gasteiger charge is 2.64. The Hall–Kier alpha value is -7.94. The molecule has 7 heterocycles. The minimum atomic E-state index is -1.87. The fourth-order valence-electron chi connectivity index (χ4n) is 12.2. The first-order chi connectivity index (χ1) is 47.7. The maximum atomic E-state index is 14.5. The summed E-state index contributed by atoms with van der Waals surface area (Å²) in [6, 6.07) is 32.8. The third kappa shape index (κ3) is 21.8. The van der Waals surface area contributed by atoms with Crippen molar-refractivity contribution in [2.24, 2.45) is 5.92 Å². The number of carbonyl (C=O) groups is 5. The summed E-state index contributed by atoms with van der Waals surface area (Å²) in [5.41, 5.74) is 4.92. The summed E-state index contributed by atoms with van der Waals surface area (Å²) in [5, 5.41) is 17.7. The van der Waals surface area contributed by atoms with Crippen molar-refractivity contribution >= 4 is 68.7 Å². The number of pyridine rings is 4. The molecule has 6 aromatic rings. The minimum Gasteiger partial charge on any atom is -0.495 e. The number of unbranched alkanes of at least 4 members (excludes halogenated alkanes) is 1. The summed E-state index contributed by atoms with van der Waals surface area (Å²) < 4.78 is 36.2. The van der Waals surface area contributed by atoms with Crippen LogP contribution in [0.2, 0.25) is 5.02 Å². The number of epoxide rings is 1. The number of alkyl carbamates (subject to hydrolysis) is 1. The van der Waals surface area contributed by atoms with E-state index in [-0.39, 0.29) is 36.1 Å². The highest BCUT2D eigenvalue weighted by atomic mass is 35.5. The summed E-state index contributed by atoms with van der Waals surface area (Å²) in [7, 11) is 8.96. The smallest absolute Gasteiger partial charge is 0.409 e. The third-order valence-corrected chi connectivity index (χ3v) is 20.7. The Labute approximate surface area is 593 Å². The molecule has 4 amide bonds. The standard InChI is InChI=1S/C74H91ClN10O12S2/c1-50-20-19-25-64(93-8)74(91)43-63(95-72(90)81-74)51(2)70-73(4,97-70)65(42-68(88)83(6)61-40-53(36-50)41-62(92-7)69(61)75)96-71(89)52(3)82(5)67(87)27-35-99-98-34-26-66(86)80-32-17-18-33-94-60-38-54(44-84(46-56-21-9-13-28-76-56)47-57-22-10-14-29-77-57)37-55(39-60)45-85(48-58-23-11-15-30-78-58)49-59-24-12-16-31-79-59/h9-16,19-25,28-31,37-41,51-52,63-65,70,91H,17-18,26-27,32-36,42-49H2,1-8H3,(H,80,86)(H,81,90)/b25-19+,50-20+/t51-,52+,63+,64-,65-,70?,73+,74+/m0/s1. The van der Waals surface area contributed by atoms with Gasteiger partial charge in [0.15, 0.2) is 5.72 Å². The Morgan fingerprint density at radius 1 is 0.818 bits per heavy atom. The van der Waals surface area contributed by atoms with Gasteiger partial charge < -0.3 is 48.6 Å². The van der Waals surface area contributed by atoms with Crippen molar-refractivity contribution in [1.82, 2.24) is 45.3 Å². The summed E-state index contributed by atoms with van der Waals surface area (Å²) >= 11 is 6.87. The molecule has 2 aromatic carbocycles. The van der Waals surface area contributed by atoms with E-state index in [0.717, 1.165) is 50.8 Å². The lowest BCUT2D eigenvalue weighted by atomic mass is 9.83. The van der Waals surface area contributed by atoms with E-state index in [1.165, 1.54) is 52.7 Å². The van der Waals surface area contributed by atoms with E-state index in [1.54, 1.807) is 52.1 Å². The molecule has 25 heteroatoms. The number of aliphatic hydroxyl groups is 1. The lowest BCUT2D eigenvalue weighted by Crippen LogP contribution is -2.63. The number of benzene rings is 2. The number of nitrogens with zero attached hydrogens (tertiary/aromatic N) is 8. The van der Waals surface area contributed by atoms with Crippen LogP contribution in [0.3, 0.4) is 0 Å². The van der Waals surface area contributed by atoms with Crippen molar-refractivity contribution in [1.29, 1.82) is 0 Å². The molecule has 3 N–H and O–H groups in total. The van der Waals surface area contributed by atoms with Crippen molar-refractivity contribution in [3.8, 4) is 11.5 Å². The van der Waals surface area contributed by atoms with Gasteiger partial charge in [-0.05, 0) is 130 Å². The van der Waals surface area contributed by atoms with Crippen molar-refractivity contribution in [2.75, 3.05) is 57.9 Å². The molecule has 4 aromatic heterocycles. The molecule has 0 spiro atoms. The van der Waals surface area contributed by atoms with Gasteiger partial charge in [-0.3, -0.25) is 49.4 Å². The van der Waals surface area contributed by atoms with Gasteiger partial charge in [-0.25, -0.2) is 9.59 Å². The number of halogens is 1. The number of likely N-dealkylation sites (N-methyl/N-ethyl adjacent to an activating group) is 1. The van der Waals surface area contributed by atoms with Crippen LogP contribution in [0.25, 0.3) is 0 Å². The minimum absolute atomic E-state index is 0.0729. The lowest BCUT2D eigenvalue weighted by Gasteiger charge is -2.42. The van der Waals surface area contributed by atoms with Gasteiger partial charge in [-0.15, -0.1) is 0 Å². The van der Waals surface area contributed by atoms with E-state index >= 15 is 0 Å². The van der Waals surface area contributed by atoms with E-state index in [2.05, 4.69) is 58.6 Å². The number of anilines is 1. The van der Waals surface area contributed by atoms with E-state index in [1.807, 2.05) is 111 Å². The number of allylic oxidation sites excluding steroid dienone is 3. The Bertz CT molecular complexity index is 3530. The molecule has 9 rings (SSSR count). The van der Waals surface area contributed by atoms with Crippen molar-refractivity contribution in [2.45, 2.75) is 154 Å². The van der Waals surface area contributed by atoms with Crippen LogP contribution in [-0.4, -0.2) is 164 Å². The predicted octanol–water partition coefficient (Wildman–Crippen LogP) is 10.6. The van der Waals surface area contributed by atoms with Gasteiger partial charge in [-0.2, -0.15) is 0 Å². The van der Waals surface area contributed by atoms with Crippen LogP contribution in [0.4, 0.5) is 10.5 Å². The van der Waals surface area contributed by atoms with Gasteiger partial charge in [0, 0.05) is 128 Å². The molecule has 99 heavy (non-hydrogen) atoms. The number of esters is 1. The number of ether oxygens (including phenoxy) is 6. The number of hydrogen-bond donors (Lipinski definition) is 3. The highest BCUT2D eigenvalue weighted by Crippen LogP contribution is 2.49. The Balaban J connectivity index is 0.752. The van der Waals surface area contributed by atoms with Gasteiger partial charge in [0.1, 0.15) is 46.5 Å². The van der Waals surface area contributed by atoms with Gasteiger partial charge in [0.05, 0.1) is 54.7 Å². The van der Waals surface area contributed by atoms with Gasteiger partial charge in [0.2, 0.25) is 17.7 Å². The van der Waals surface area contributed by atoms with Crippen LogP contribution >= 0.6 is 33.2 Å². The molecule has 528 valence electrons. The van der Waals surface area contributed by atoms with E-state index in [9.17, 15) is 29.1 Å². The number of aromatic nitrogens is 4. The number of hydrogen-bond acceptors (Lipinski definition) is 20. The van der Waals surface area contributed by atoms with E-state index < -0.39 is 65.7 Å². The normalized spacial score (nSPS) is 22.0. The molecule has 2 saturated heterocycles. The molecule has 3 aliphatic heterocycles. The molecule has 0 saturated carbocycles. The van der Waals surface area contributed by atoms with Crippen LogP contribution in [0.1, 0.15) is 106 Å². The number of nitrogens with one attached hydrogen (secondary N) is 2. The second-order valence-electron chi connectivity index (χ2n) is 25.5. The van der Waals surface area contributed by atoms with Crippen molar-refractivity contribution in [3.05, 3.63) is 196 Å². The SMILES string of the molecule is COc1cc2cc(c1Cl)N(C)C(=O)C[C@H](OC(=O)[C@@H](C)N(C)C(=O)CCSSCCC(=O)NCCCCOc1cc(CN(Cc3ccccn3)Cc3ccccn3)cc(CN(Cc3ccccn3)Cc3ccccn3)c1)[C@@]1(C)OC1[C@@H](C)[C@H]1C[C@](O)(NC(=O)O1)[C@@H](OC)/C=C/C=C(\C)C2. The zero-order valence-electron chi connectivity index (χ0n) is 57.6. The largest absolute Gasteiger partial charge is 0.495 e. The van der Waals surface area contributed by atoms with Crippen molar-refractivity contribution in [3.63, 3.8) is 0 Å². The predicted molar refractivity (Wildman–Crippen MR) is 382 cm³/mol. The molecule has 3 aliphatic rings.